The number of carbonyl (C=O) groups excluding carboxylic acids is 1. The summed E-state index contributed by atoms with van der Waals surface area (Å²) >= 11 is 1.30. The summed E-state index contributed by atoms with van der Waals surface area (Å²) in [5.41, 5.74) is 1.37. The number of carbonyl (C=O) groups is 1. The van der Waals surface area contributed by atoms with Gasteiger partial charge in [0.2, 0.25) is 0 Å². The molecule has 1 unspecified atom stereocenters. The summed E-state index contributed by atoms with van der Waals surface area (Å²) in [6.07, 6.45) is 2.31. The van der Waals surface area contributed by atoms with E-state index in [1.165, 1.54) is 11.5 Å². The maximum Gasteiger partial charge on any atom is 0.256 e. The van der Waals surface area contributed by atoms with Gasteiger partial charge in [-0.2, -0.15) is 4.37 Å². The Kier molecular flexibility index (Phi) is 4.21. The van der Waals surface area contributed by atoms with E-state index >= 15 is 0 Å². The number of nitrogens with zero attached hydrogens (tertiary/aromatic N) is 1. The fourth-order valence-corrected chi connectivity index (χ4v) is 2.63. The molecule has 0 aromatic carbocycles. The number of hydrogen-bond acceptors (Lipinski definition) is 5. The van der Waals surface area contributed by atoms with Crippen molar-refractivity contribution in [2.24, 2.45) is 0 Å². The molecule has 2 aromatic heterocycles. The molecule has 2 aromatic rings. The zero-order valence-electron chi connectivity index (χ0n) is 11.2. The highest BCUT2D eigenvalue weighted by molar-refractivity contribution is 7.10. The molecule has 1 atom stereocenters. The molecule has 0 radical (unpaired) electrons. The summed E-state index contributed by atoms with van der Waals surface area (Å²) in [4.78, 5) is 12.2. The Morgan fingerprint density at radius 1 is 1.58 bits per heavy atom. The molecule has 0 fully saturated rings. The van der Waals surface area contributed by atoms with Gasteiger partial charge in [0.05, 0.1) is 17.5 Å². The van der Waals surface area contributed by atoms with Crippen molar-refractivity contribution in [3.8, 4) is 0 Å². The number of furan rings is 1. The second-order valence-corrected chi connectivity index (χ2v) is 5.15. The monoisotopic (exact) mass is 279 g/mol. The summed E-state index contributed by atoms with van der Waals surface area (Å²) in [7, 11) is 1.79. The first-order valence-corrected chi connectivity index (χ1v) is 6.86. The summed E-state index contributed by atoms with van der Waals surface area (Å²) < 4.78 is 9.46. The predicted octanol–water partition coefficient (Wildman–Crippen LogP) is 2.45. The average Bonchev–Trinajstić information content (AvgIpc) is 2.98. The maximum atomic E-state index is 12.2. The van der Waals surface area contributed by atoms with Gasteiger partial charge in [-0.3, -0.25) is 4.79 Å². The lowest BCUT2D eigenvalue weighted by Crippen LogP contribution is -2.34. The summed E-state index contributed by atoms with van der Waals surface area (Å²) in [6.45, 7) is 3.79. The van der Waals surface area contributed by atoms with Crippen molar-refractivity contribution >= 4 is 22.4 Å². The molecule has 2 rings (SSSR count). The second kappa shape index (κ2) is 5.88. The number of anilines is 1. The van der Waals surface area contributed by atoms with Crippen molar-refractivity contribution in [3.05, 3.63) is 35.4 Å². The average molecular weight is 279 g/mol. The summed E-state index contributed by atoms with van der Waals surface area (Å²) in [5.74, 6) is 0.761. The molecule has 2 N–H and O–H groups in total. The first-order chi connectivity index (χ1) is 9.11. The van der Waals surface area contributed by atoms with Crippen molar-refractivity contribution in [2.45, 2.75) is 26.3 Å². The van der Waals surface area contributed by atoms with Gasteiger partial charge in [0.1, 0.15) is 10.8 Å². The van der Waals surface area contributed by atoms with E-state index in [1.807, 2.05) is 26.0 Å². The third kappa shape index (κ3) is 3.14. The first-order valence-electron chi connectivity index (χ1n) is 6.09. The molecule has 102 valence electrons. The number of aromatic nitrogens is 1. The molecular weight excluding hydrogens is 262 g/mol. The van der Waals surface area contributed by atoms with Gasteiger partial charge in [-0.05, 0) is 37.5 Å². The van der Waals surface area contributed by atoms with Crippen LogP contribution < -0.4 is 10.6 Å². The Bertz CT molecular complexity index is 548. The minimum Gasteiger partial charge on any atom is -0.469 e. The molecule has 2 heterocycles. The van der Waals surface area contributed by atoms with Crippen LogP contribution in [0.1, 0.15) is 28.7 Å². The van der Waals surface area contributed by atoms with Crippen LogP contribution in [0.3, 0.4) is 0 Å². The van der Waals surface area contributed by atoms with E-state index in [2.05, 4.69) is 15.0 Å². The molecule has 0 aliphatic heterocycles. The van der Waals surface area contributed by atoms with Crippen LogP contribution >= 0.6 is 11.5 Å². The quantitative estimate of drug-likeness (QED) is 0.882. The Labute approximate surface area is 116 Å². The number of rotatable bonds is 5. The fraction of sp³-hybridized carbons (Fsp3) is 0.385. The Morgan fingerprint density at radius 2 is 2.37 bits per heavy atom. The van der Waals surface area contributed by atoms with E-state index in [9.17, 15) is 4.79 Å². The zero-order valence-corrected chi connectivity index (χ0v) is 12.0. The Hall–Kier alpha value is -1.82. The molecule has 0 saturated carbocycles. The van der Waals surface area contributed by atoms with Crippen LogP contribution in [0.25, 0.3) is 0 Å². The van der Waals surface area contributed by atoms with Crippen LogP contribution in [0.5, 0.6) is 0 Å². The molecule has 1 amide bonds. The molecule has 0 saturated heterocycles. The van der Waals surface area contributed by atoms with Gasteiger partial charge in [-0.15, -0.1) is 0 Å². The maximum absolute atomic E-state index is 12.2. The minimum atomic E-state index is -0.102. The SMILES string of the molecule is CNc1snc(C)c1C(=O)NC(C)Cc1ccco1. The molecular formula is C13H17N3O2S. The van der Waals surface area contributed by atoms with Crippen molar-refractivity contribution in [1.82, 2.24) is 9.69 Å². The fourth-order valence-electron chi connectivity index (χ4n) is 1.89. The lowest BCUT2D eigenvalue weighted by molar-refractivity contribution is 0.0939. The Morgan fingerprint density at radius 3 is 3.00 bits per heavy atom. The van der Waals surface area contributed by atoms with Crippen LogP contribution in [0.4, 0.5) is 5.00 Å². The van der Waals surface area contributed by atoms with E-state index in [1.54, 1.807) is 13.3 Å². The molecule has 5 nitrogen and oxygen atoms in total. The molecule has 6 heteroatoms. The van der Waals surface area contributed by atoms with E-state index in [-0.39, 0.29) is 11.9 Å². The molecule has 19 heavy (non-hydrogen) atoms. The first kappa shape index (κ1) is 13.6. The van der Waals surface area contributed by atoms with Crippen molar-refractivity contribution in [3.63, 3.8) is 0 Å². The normalized spacial score (nSPS) is 12.2. The zero-order chi connectivity index (χ0) is 13.8. The number of amides is 1. The topological polar surface area (TPSA) is 67.2 Å². The van der Waals surface area contributed by atoms with Gasteiger partial charge in [0.15, 0.2) is 0 Å². The number of aryl methyl sites for hydroxylation is 1. The van der Waals surface area contributed by atoms with E-state index in [4.69, 9.17) is 4.42 Å². The molecule has 0 bridgehead atoms. The Balaban J connectivity index is 2.02. The van der Waals surface area contributed by atoms with Crippen LogP contribution in [0.15, 0.2) is 22.8 Å². The largest absolute Gasteiger partial charge is 0.469 e. The third-order valence-electron chi connectivity index (χ3n) is 2.78. The van der Waals surface area contributed by atoms with Gasteiger partial charge < -0.3 is 15.1 Å². The highest BCUT2D eigenvalue weighted by Gasteiger charge is 2.19. The lowest BCUT2D eigenvalue weighted by Gasteiger charge is -2.13. The lowest BCUT2D eigenvalue weighted by atomic mass is 10.1. The number of hydrogen-bond donors (Lipinski definition) is 2. The highest BCUT2D eigenvalue weighted by atomic mass is 32.1. The van der Waals surface area contributed by atoms with Gasteiger partial charge in [0.25, 0.3) is 5.91 Å². The standard InChI is InChI=1S/C13H17N3O2S/c1-8(7-10-5-4-6-18-10)15-12(17)11-9(2)16-19-13(11)14-3/h4-6,8,14H,7H2,1-3H3,(H,15,17). The smallest absolute Gasteiger partial charge is 0.256 e. The van der Waals surface area contributed by atoms with Crippen LogP contribution in [0, 0.1) is 6.92 Å². The van der Waals surface area contributed by atoms with Gasteiger partial charge in [-0.25, -0.2) is 0 Å². The highest BCUT2D eigenvalue weighted by Crippen LogP contribution is 2.23. The molecule has 0 aliphatic carbocycles. The second-order valence-electron chi connectivity index (χ2n) is 4.38. The van der Waals surface area contributed by atoms with Crippen LogP contribution in [0.2, 0.25) is 0 Å². The minimum absolute atomic E-state index is 0.00246. The van der Waals surface area contributed by atoms with E-state index < -0.39 is 0 Å². The predicted molar refractivity (Wildman–Crippen MR) is 75.7 cm³/mol. The van der Waals surface area contributed by atoms with E-state index in [0.29, 0.717) is 12.0 Å². The van der Waals surface area contributed by atoms with E-state index in [0.717, 1.165) is 16.5 Å². The van der Waals surface area contributed by atoms with Gasteiger partial charge in [-0.1, -0.05) is 0 Å². The summed E-state index contributed by atoms with van der Waals surface area (Å²) in [5, 5.41) is 6.75. The van der Waals surface area contributed by atoms with Crippen molar-refractivity contribution in [2.75, 3.05) is 12.4 Å². The summed E-state index contributed by atoms with van der Waals surface area (Å²) in [6, 6.07) is 3.75. The number of nitrogens with one attached hydrogen (secondary N) is 2. The molecule has 0 spiro atoms. The third-order valence-corrected chi connectivity index (χ3v) is 3.74. The van der Waals surface area contributed by atoms with Crippen LogP contribution in [-0.4, -0.2) is 23.4 Å². The van der Waals surface area contributed by atoms with Crippen molar-refractivity contribution in [1.29, 1.82) is 0 Å². The van der Waals surface area contributed by atoms with Gasteiger partial charge >= 0.3 is 0 Å². The van der Waals surface area contributed by atoms with Gasteiger partial charge in [0, 0.05) is 19.5 Å². The van der Waals surface area contributed by atoms with Crippen molar-refractivity contribution < 1.29 is 9.21 Å². The van der Waals surface area contributed by atoms with Crippen LogP contribution in [-0.2, 0) is 6.42 Å². The molecule has 0 aliphatic rings.